The molecule has 4 nitrogen and oxygen atoms in total. The van der Waals surface area contributed by atoms with Gasteiger partial charge in [-0.15, -0.1) is 0 Å². The van der Waals surface area contributed by atoms with E-state index in [1.807, 2.05) is 0 Å². The van der Waals surface area contributed by atoms with E-state index in [9.17, 15) is 0 Å². The van der Waals surface area contributed by atoms with Crippen LogP contribution in [0, 0.1) is 0 Å². The predicted molar refractivity (Wildman–Crippen MR) is 65.4 cm³/mol. The predicted octanol–water partition coefficient (Wildman–Crippen LogP) is 0.589. The molecule has 3 N–H and O–H groups in total. The molecule has 0 spiro atoms. The quantitative estimate of drug-likeness (QED) is 0.628. The van der Waals surface area contributed by atoms with E-state index in [0.29, 0.717) is 13.2 Å². The molecule has 0 aliphatic heterocycles. The lowest BCUT2D eigenvalue weighted by atomic mass is 9.80. The molecule has 0 aromatic rings. The summed E-state index contributed by atoms with van der Waals surface area (Å²) in [7, 11) is 2.14. The number of nitrogens with two attached hydrogens (primary N) is 1. The number of nitrogens with zero attached hydrogens (tertiary/aromatic N) is 1. The fourth-order valence-corrected chi connectivity index (χ4v) is 2.56. The Morgan fingerprint density at radius 2 is 1.94 bits per heavy atom. The van der Waals surface area contributed by atoms with Crippen LogP contribution in [0.15, 0.2) is 0 Å². The molecule has 0 heterocycles. The van der Waals surface area contributed by atoms with Crippen LogP contribution in [0.25, 0.3) is 0 Å². The molecule has 0 aromatic carbocycles. The Kier molecular flexibility index (Phi) is 6.28. The molecule has 0 amide bonds. The van der Waals surface area contributed by atoms with Crippen molar-refractivity contribution in [2.45, 2.75) is 37.6 Å². The molecule has 0 aromatic heterocycles. The number of hydrogen-bond donors (Lipinski definition) is 2. The molecular formula is C12H26N2O2. The summed E-state index contributed by atoms with van der Waals surface area (Å²) in [6, 6.07) is 0. The van der Waals surface area contributed by atoms with Crippen molar-refractivity contribution in [1.82, 2.24) is 4.90 Å². The van der Waals surface area contributed by atoms with Crippen LogP contribution in [0.4, 0.5) is 0 Å². The van der Waals surface area contributed by atoms with Gasteiger partial charge in [-0.2, -0.15) is 0 Å². The zero-order valence-electron chi connectivity index (χ0n) is 10.5. The molecule has 0 atom stereocenters. The zero-order valence-corrected chi connectivity index (χ0v) is 10.5. The van der Waals surface area contributed by atoms with E-state index in [-0.39, 0.29) is 12.1 Å². The summed E-state index contributed by atoms with van der Waals surface area (Å²) >= 11 is 0. The first-order valence-electron chi connectivity index (χ1n) is 6.35. The van der Waals surface area contributed by atoms with E-state index in [1.165, 1.54) is 32.1 Å². The summed E-state index contributed by atoms with van der Waals surface area (Å²) < 4.78 is 5.30. The monoisotopic (exact) mass is 230 g/mol. The van der Waals surface area contributed by atoms with E-state index in [0.717, 1.165) is 13.1 Å². The van der Waals surface area contributed by atoms with Crippen LogP contribution in [0.5, 0.6) is 0 Å². The van der Waals surface area contributed by atoms with E-state index < -0.39 is 0 Å². The van der Waals surface area contributed by atoms with Gasteiger partial charge < -0.3 is 15.6 Å². The molecule has 1 fully saturated rings. The van der Waals surface area contributed by atoms with Gasteiger partial charge in [0.25, 0.3) is 0 Å². The van der Waals surface area contributed by atoms with Gasteiger partial charge in [-0.3, -0.25) is 4.90 Å². The van der Waals surface area contributed by atoms with Gasteiger partial charge >= 0.3 is 0 Å². The molecule has 1 saturated carbocycles. The summed E-state index contributed by atoms with van der Waals surface area (Å²) in [6.45, 7) is 2.86. The Hall–Kier alpha value is -0.160. The van der Waals surface area contributed by atoms with Crippen LogP contribution in [0.3, 0.4) is 0 Å². The normalized spacial score (nSPS) is 20.2. The molecule has 0 bridgehead atoms. The van der Waals surface area contributed by atoms with Crippen molar-refractivity contribution in [3.8, 4) is 0 Å². The van der Waals surface area contributed by atoms with Gasteiger partial charge in [0.15, 0.2) is 0 Å². The molecule has 96 valence electrons. The van der Waals surface area contributed by atoms with Crippen molar-refractivity contribution in [3.63, 3.8) is 0 Å². The number of aliphatic hydroxyl groups is 1. The second kappa shape index (κ2) is 7.22. The number of rotatable bonds is 7. The summed E-state index contributed by atoms with van der Waals surface area (Å²) in [5.41, 5.74) is 6.14. The Morgan fingerprint density at radius 3 is 2.50 bits per heavy atom. The van der Waals surface area contributed by atoms with Crippen LogP contribution in [0.2, 0.25) is 0 Å². The van der Waals surface area contributed by atoms with E-state index >= 15 is 0 Å². The number of aliphatic hydroxyl groups excluding tert-OH is 1. The summed E-state index contributed by atoms with van der Waals surface area (Å²) in [5.74, 6) is 0. The Bertz CT molecular complexity index is 182. The van der Waals surface area contributed by atoms with E-state index in [4.69, 9.17) is 15.6 Å². The maximum Gasteiger partial charge on any atom is 0.0698 e. The minimum atomic E-state index is 0.103. The third kappa shape index (κ3) is 3.70. The standard InChI is InChI=1S/C12H26N2O2/c1-14(7-9-16-10-8-15)12(11-13)5-3-2-4-6-12/h15H,2-11,13H2,1H3. The van der Waals surface area contributed by atoms with Crippen LogP contribution in [-0.2, 0) is 4.74 Å². The van der Waals surface area contributed by atoms with Crippen molar-refractivity contribution in [2.24, 2.45) is 5.73 Å². The Morgan fingerprint density at radius 1 is 1.25 bits per heavy atom. The molecule has 16 heavy (non-hydrogen) atoms. The van der Waals surface area contributed by atoms with Crippen molar-refractivity contribution in [3.05, 3.63) is 0 Å². The van der Waals surface area contributed by atoms with Crippen LogP contribution < -0.4 is 5.73 Å². The van der Waals surface area contributed by atoms with E-state index in [1.54, 1.807) is 0 Å². The lowest BCUT2D eigenvalue weighted by molar-refractivity contribution is 0.0321. The lowest BCUT2D eigenvalue weighted by Crippen LogP contribution is -2.54. The molecule has 0 radical (unpaired) electrons. The molecule has 1 aliphatic rings. The first-order chi connectivity index (χ1) is 7.75. The number of likely N-dealkylation sites (N-methyl/N-ethyl adjacent to an activating group) is 1. The van der Waals surface area contributed by atoms with Gasteiger partial charge in [0.05, 0.1) is 19.8 Å². The highest BCUT2D eigenvalue weighted by Crippen LogP contribution is 2.31. The fourth-order valence-electron chi connectivity index (χ4n) is 2.56. The summed E-state index contributed by atoms with van der Waals surface area (Å²) in [5, 5.41) is 8.62. The highest BCUT2D eigenvalue weighted by Gasteiger charge is 2.34. The minimum Gasteiger partial charge on any atom is -0.394 e. The van der Waals surface area contributed by atoms with Crippen molar-refractivity contribution >= 4 is 0 Å². The first-order valence-corrected chi connectivity index (χ1v) is 6.35. The molecular weight excluding hydrogens is 204 g/mol. The first kappa shape index (κ1) is 13.9. The smallest absolute Gasteiger partial charge is 0.0698 e. The number of ether oxygens (including phenoxy) is 1. The van der Waals surface area contributed by atoms with Crippen LogP contribution >= 0.6 is 0 Å². The van der Waals surface area contributed by atoms with Crippen LogP contribution in [-0.4, -0.2) is 55.5 Å². The third-order valence-corrected chi connectivity index (χ3v) is 3.78. The second-order valence-electron chi connectivity index (χ2n) is 4.75. The van der Waals surface area contributed by atoms with Gasteiger partial charge in [-0.05, 0) is 19.9 Å². The maximum absolute atomic E-state index is 8.62. The molecule has 0 saturated heterocycles. The fraction of sp³-hybridized carbons (Fsp3) is 1.00. The van der Waals surface area contributed by atoms with Gasteiger partial charge in [0.1, 0.15) is 0 Å². The van der Waals surface area contributed by atoms with E-state index in [2.05, 4.69) is 11.9 Å². The van der Waals surface area contributed by atoms with Gasteiger partial charge in [0.2, 0.25) is 0 Å². The zero-order chi connectivity index (χ0) is 11.9. The Labute approximate surface area is 98.8 Å². The minimum absolute atomic E-state index is 0.103. The highest BCUT2D eigenvalue weighted by atomic mass is 16.5. The van der Waals surface area contributed by atoms with Gasteiger partial charge in [-0.25, -0.2) is 0 Å². The molecule has 1 rings (SSSR count). The van der Waals surface area contributed by atoms with Gasteiger partial charge in [0, 0.05) is 18.6 Å². The largest absolute Gasteiger partial charge is 0.394 e. The Balaban J connectivity index is 2.33. The third-order valence-electron chi connectivity index (χ3n) is 3.78. The molecule has 0 unspecified atom stereocenters. The maximum atomic E-state index is 8.62. The average molecular weight is 230 g/mol. The summed E-state index contributed by atoms with van der Waals surface area (Å²) in [4.78, 5) is 2.35. The summed E-state index contributed by atoms with van der Waals surface area (Å²) in [6.07, 6.45) is 6.34. The van der Waals surface area contributed by atoms with Crippen molar-refractivity contribution in [1.29, 1.82) is 0 Å². The SMILES string of the molecule is CN(CCOCCO)C1(CN)CCCCC1. The second-order valence-corrected chi connectivity index (χ2v) is 4.75. The highest BCUT2D eigenvalue weighted by molar-refractivity contribution is 4.92. The lowest BCUT2D eigenvalue weighted by Gasteiger charge is -2.44. The average Bonchev–Trinajstić information content (AvgIpc) is 2.35. The van der Waals surface area contributed by atoms with Crippen molar-refractivity contribution < 1.29 is 9.84 Å². The molecule has 4 heteroatoms. The van der Waals surface area contributed by atoms with Crippen molar-refractivity contribution in [2.75, 3.05) is 40.0 Å². The van der Waals surface area contributed by atoms with Crippen LogP contribution in [0.1, 0.15) is 32.1 Å². The molecule has 1 aliphatic carbocycles. The van der Waals surface area contributed by atoms with Gasteiger partial charge in [-0.1, -0.05) is 19.3 Å². The number of hydrogen-bond acceptors (Lipinski definition) is 4. The topological polar surface area (TPSA) is 58.7 Å².